The molecule has 1 aromatic carbocycles. The second kappa shape index (κ2) is 4.53. The molecule has 0 fully saturated rings. The Balaban J connectivity index is 2.85. The first-order chi connectivity index (χ1) is 6.13. The van der Waals surface area contributed by atoms with Crippen LogP contribution in [-0.2, 0) is 6.54 Å². The maximum Gasteiger partial charge on any atom is 0.387 e. The number of ether oxygens (including phenoxy) is 1. The molecule has 0 atom stereocenters. The second-order valence-corrected chi connectivity index (χ2v) is 3.20. The molecule has 0 saturated carbocycles. The predicted molar refractivity (Wildman–Crippen MR) is 48.7 cm³/mol. The summed E-state index contributed by atoms with van der Waals surface area (Å²) in [7, 11) is 0. The molecule has 0 spiro atoms. The van der Waals surface area contributed by atoms with E-state index in [0.717, 1.165) is 5.56 Å². The van der Waals surface area contributed by atoms with E-state index in [4.69, 9.17) is 5.73 Å². The van der Waals surface area contributed by atoms with Crippen molar-refractivity contribution >= 4 is 15.9 Å². The lowest BCUT2D eigenvalue weighted by Gasteiger charge is -2.07. The van der Waals surface area contributed by atoms with Crippen molar-refractivity contribution in [2.24, 2.45) is 5.73 Å². The molecule has 0 aromatic heterocycles. The molecule has 0 bridgehead atoms. The highest BCUT2D eigenvalue weighted by Gasteiger charge is 2.07. The van der Waals surface area contributed by atoms with Crippen LogP contribution in [0.5, 0.6) is 5.75 Å². The Morgan fingerprint density at radius 1 is 1.46 bits per heavy atom. The SMILES string of the molecule is NCc1ccc(OC(F)F)c(Br)c1. The van der Waals surface area contributed by atoms with Gasteiger partial charge in [0.05, 0.1) is 4.47 Å². The van der Waals surface area contributed by atoms with Crippen LogP contribution in [-0.4, -0.2) is 6.61 Å². The number of halogens is 3. The van der Waals surface area contributed by atoms with Crippen molar-refractivity contribution in [3.05, 3.63) is 28.2 Å². The van der Waals surface area contributed by atoms with E-state index in [1.54, 1.807) is 12.1 Å². The van der Waals surface area contributed by atoms with Crippen molar-refractivity contribution in [3.8, 4) is 5.75 Å². The van der Waals surface area contributed by atoms with Crippen molar-refractivity contribution in [2.45, 2.75) is 13.2 Å². The largest absolute Gasteiger partial charge is 0.434 e. The van der Waals surface area contributed by atoms with E-state index in [1.807, 2.05) is 0 Å². The van der Waals surface area contributed by atoms with Gasteiger partial charge in [-0.2, -0.15) is 8.78 Å². The van der Waals surface area contributed by atoms with E-state index in [-0.39, 0.29) is 5.75 Å². The van der Waals surface area contributed by atoms with Crippen LogP contribution in [0.1, 0.15) is 5.56 Å². The summed E-state index contributed by atoms with van der Waals surface area (Å²) in [5, 5.41) is 0. The van der Waals surface area contributed by atoms with Gasteiger partial charge in [-0.1, -0.05) is 6.07 Å². The van der Waals surface area contributed by atoms with Crippen LogP contribution in [0.2, 0.25) is 0 Å². The van der Waals surface area contributed by atoms with E-state index >= 15 is 0 Å². The van der Waals surface area contributed by atoms with Gasteiger partial charge in [0.1, 0.15) is 5.75 Å². The molecule has 72 valence electrons. The van der Waals surface area contributed by atoms with E-state index in [1.165, 1.54) is 6.07 Å². The van der Waals surface area contributed by atoms with Crippen molar-refractivity contribution < 1.29 is 13.5 Å². The molecular formula is C8H8BrF2NO. The molecule has 0 unspecified atom stereocenters. The minimum Gasteiger partial charge on any atom is -0.434 e. The molecule has 0 aliphatic rings. The summed E-state index contributed by atoms with van der Waals surface area (Å²) in [5.74, 6) is 0.118. The van der Waals surface area contributed by atoms with Crippen LogP contribution < -0.4 is 10.5 Å². The third-order valence-electron chi connectivity index (χ3n) is 1.45. The molecule has 0 aliphatic carbocycles. The van der Waals surface area contributed by atoms with Crippen LogP contribution >= 0.6 is 15.9 Å². The van der Waals surface area contributed by atoms with Gasteiger partial charge >= 0.3 is 6.61 Å². The number of benzene rings is 1. The van der Waals surface area contributed by atoms with Gasteiger partial charge in [-0.05, 0) is 33.6 Å². The third-order valence-corrected chi connectivity index (χ3v) is 2.07. The van der Waals surface area contributed by atoms with Gasteiger partial charge in [-0.25, -0.2) is 0 Å². The average molecular weight is 252 g/mol. The molecule has 0 heterocycles. The fourth-order valence-corrected chi connectivity index (χ4v) is 1.38. The first-order valence-corrected chi connectivity index (χ1v) is 4.36. The van der Waals surface area contributed by atoms with Crippen LogP contribution in [0.25, 0.3) is 0 Å². The normalized spacial score (nSPS) is 10.5. The Bertz CT molecular complexity index is 293. The van der Waals surface area contributed by atoms with E-state index in [0.29, 0.717) is 11.0 Å². The Morgan fingerprint density at radius 2 is 2.15 bits per heavy atom. The standard InChI is InChI=1S/C8H8BrF2NO/c9-6-3-5(4-12)1-2-7(6)13-8(10)11/h1-3,8H,4,12H2. The fraction of sp³-hybridized carbons (Fsp3) is 0.250. The lowest BCUT2D eigenvalue weighted by molar-refractivity contribution is -0.0503. The van der Waals surface area contributed by atoms with E-state index in [9.17, 15) is 8.78 Å². The zero-order chi connectivity index (χ0) is 9.84. The lowest BCUT2D eigenvalue weighted by Crippen LogP contribution is -2.03. The predicted octanol–water partition coefficient (Wildman–Crippen LogP) is 2.51. The summed E-state index contributed by atoms with van der Waals surface area (Å²) in [6.07, 6.45) is 0. The Kier molecular flexibility index (Phi) is 3.62. The molecule has 0 amide bonds. The third kappa shape index (κ3) is 2.93. The molecule has 2 N–H and O–H groups in total. The summed E-state index contributed by atoms with van der Waals surface area (Å²) in [5.41, 5.74) is 6.22. The van der Waals surface area contributed by atoms with Gasteiger partial charge < -0.3 is 10.5 Å². The van der Waals surface area contributed by atoms with Gasteiger partial charge in [-0.3, -0.25) is 0 Å². The maximum absolute atomic E-state index is 11.8. The Hall–Kier alpha value is -0.680. The first-order valence-electron chi connectivity index (χ1n) is 3.57. The minimum atomic E-state index is -2.81. The number of alkyl halides is 2. The maximum atomic E-state index is 11.8. The summed E-state index contributed by atoms with van der Waals surface area (Å²) < 4.78 is 28.3. The molecule has 13 heavy (non-hydrogen) atoms. The van der Waals surface area contributed by atoms with Crippen LogP contribution in [0.4, 0.5) is 8.78 Å². The van der Waals surface area contributed by atoms with Gasteiger partial charge in [0.2, 0.25) is 0 Å². The highest BCUT2D eigenvalue weighted by atomic mass is 79.9. The molecule has 1 aromatic rings. The molecule has 2 nitrogen and oxygen atoms in total. The smallest absolute Gasteiger partial charge is 0.387 e. The number of hydrogen-bond donors (Lipinski definition) is 1. The van der Waals surface area contributed by atoms with E-state index < -0.39 is 6.61 Å². The first kappa shape index (κ1) is 10.4. The number of hydrogen-bond acceptors (Lipinski definition) is 2. The highest BCUT2D eigenvalue weighted by molar-refractivity contribution is 9.10. The molecule has 0 saturated heterocycles. The average Bonchev–Trinajstić information content (AvgIpc) is 2.08. The van der Waals surface area contributed by atoms with Crippen molar-refractivity contribution in [3.63, 3.8) is 0 Å². The van der Waals surface area contributed by atoms with Crippen molar-refractivity contribution in [2.75, 3.05) is 0 Å². The van der Waals surface area contributed by atoms with E-state index in [2.05, 4.69) is 20.7 Å². The second-order valence-electron chi connectivity index (χ2n) is 2.35. The molecule has 1 rings (SSSR count). The lowest BCUT2D eigenvalue weighted by atomic mass is 10.2. The molecule has 0 radical (unpaired) electrons. The summed E-state index contributed by atoms with van der Waals surface area (Å²) >= 11 is 3.10. The van der Waals surface area contributed by atoms with Gasteiger partial charge in [0.15, 0.2) is 0 Å². The fourth-order valence-electron chi connectivity index (χ4n) is 0.863. The van der Waals surface area contributed by atoms with Gasteiger partial charge in [-0.15, -0.1) is 0 Å². The van der Waals surface area contributed by atoms with Crippen molar-refractivity contribution in [1.82, 2.24) is 0 Å². The minimum absolute atomic E-state index is 0.118. The zero-order valence-corrected chi connectivity index (χ0v) is 8.22. The molecule has 0 aliphatic heterocycles. The number of rotatable bonds is 3. The zero-order valence-electron chi connectivity index (χ0n) is 6.64. The van der Waals surface area contributed by atoms with Crippen LogP contribution in [0.15, 0.2) is 22.7 Å². The van der Waals surface area contributed by atoms with Crippen LogP contribution in [0.3, 0.4) is 0 Å². The molecular weight excluding hydrogens is 244 g/mol. The monoisotopic (exact) mass is 251 g/mol. The highest BCUT2D eigenvalue weighted by Crippen LogP contribution is 2.27. The summed E-state index contributed by atoms with van der Waals surface area (Å²) in [4.78, 5) is 0. The summed E-state index contributed by atoms with van der Waals surface area (Å²) in [6, 6.07) is 4.75. The Morgan fingerprint density at radius 3 is 2.62 bits per heavy atom. The Labute approximate surface area is 82.8 Å². The topological polar surface area (TPSA) is 35.2 Å². The van der Waals surface area contributed by atoms with Crippen LogP contribution in [0, 0.1) is 0 Å². The van der Waals surface area contributed by atoms with Gasteiger partial charge in [0, 0.05) is 6.54 Å². The molecule has 5 heteroatoms. The quantitative estimate of drug-likeness (QED) is 0.896. The van der Waals surface area contributed by atoms with Crippen molar-refractivity contribution in [1.29, 1.82) is 0 Å². The number of nitrogens with two attached hydrogens (primary N) is 1. The summed E-state index contributed by atoms with van der Waals surface area (Å²) in [6.45, 7) is -2.44. The van der Waals surface area contributed by atoms with Gasteiger partial charge in [0.25, 0.3) is 0 Å².